The van der Waals surface area contributed by atoms with E-state index in [9.17, 15) is 4.79 Å². The van der Waals surface area contributed by atoms with Crippen LogP contribution in [0, 0.1) is 0 Å². The normalized spacial score (nSPS) is 22.2. The lowest BCUT2D eigenvalue weighted by atomic mass is 10.0. The molecule has 1 aliphatic carbocycles. The van der Waals surface area contributed by atoms with Crippen LogP contribution in [0.25, 0.3) is 0 Å². The van der Waals surface area contributed by atoms with E-state index in [2.05, 4.69) is 22.8 Å². The lowest BCUT2D eigenvalue weighted by Gasteiger charge is -2.18. The number of nitrogens with one attached hydrogen (secondary N) is 2. The van der Waals surface area contributed by atoms with Crippen molar-refractivity contribution in [3.8, 4) is 0 Å². The van der Waals surface area contributed by atoms with Crippen LogP contribution in [0.4, 0.5) is 0 Å². The standard InChI is InChI=1S/C9H16N2O/c1-10-9(12)7-11-8-5-3-2-4-6-8/h2-3,8,11H,4-7H2,1H3,(H,10,12). The second-order valence-corrected chi connectivity index (χ2v) is 3.04. The van der Waals surface area contributed by atoms with Gasteiger partial charge in [0.05, 0.1) is 6.54 Å². The van der Waals surface area contributed by atoms with Crippen LogP contribution in [0.3, 0.4) is 0 Å². The van der Waals surface area contributed by atoms with Crippen LogP contribution in [0.1, 0.15) is 19.3 Å². The molecule has 3 nitrogen and oxygen atoms in total. The van der Waals surface area contributed by atoms with E-state index in [1.807, 2.05) is 0 Å². The fraction of sp³-hybridized carbons (Fsp3) is 0.667. The molecule has 68 valence electrons. The van der Waals surface area contributed by atoms with Gasteiger partial charge < -0.3 is 10.6 Å². The van der Waals surface area contributed by atoms with Gasteiger partial charge in [0.2, 0.25) is 5.91 Å². The van der Waals surface area contributed by atoms with Gasteiger partial charge >= 0.3 is 0 Å². The minimum absolute atomic E-state index is 0.0598. The van der Waals surface area contributed by atoms with E-state index in [0.717, 1.165) is 19.3 Å². The van der Waals surface area contributed by atoms with E-state index in [1.54, 1.807) is 7.05 Å². The number of likely N-dealkylation sites (N-methyl/N-ethyl adjacent to an activating group) is 1. The maximum atomic E-state index is 10.9. The number of carbonyl (C=O) groups is 1. The number of carbonyl (C=O) groups excluding carboxylic acids is 1. The summed E-state index contributed by atoms with van der Waals surface area (Å²) in [5.41, 5.74) is 0. The first kappa shape index (κ1) is 9.26. The molecule has 12 heavy (non-hydrogen) atoms. The first-order valence-electron chi connectivity index (χ1n) is 4.42. The number of amides is 1. The molecule has 0 aliphatic heterocycles. The van der Waals surface area contributed by atoms with Gasteiger partial charge in [-0.05, 0) is 19.3 Å². The smallest absolute Gasteiger partial charge is 0.233 e. The molecule has 1 rings (SSSR count). The summed E-state index contributed by atoms with van der Waals surface area (Å²) in [5, 5.41) is 5.79. The highest BCUT2D eigenvalue weighted by Crippen LogP contribution is 2.09. The number of hydrogen-bond donors (Lipinski definition) is 2. The van der Waals surface area contributed by atoms with Gasteiger partial charge in [-0.2, -0.15) is 0 Å². The van der Waals surface area contributed by atoms with Crippen LogP contribution in [0.5, 0.6) is 0 Å². The molecule has 0 bridgehead atoms. The molecule has 0 saturated carbocycles. The molecule has 0 saturated heterocycles. The molecule has 2 N–H and O–H groups in total. The lowest BCUT2D eigenvalue weighted by molar-refractivity contribution is -0.119. The fourth-order valence-electron chi connectivity index (χ4n) is 1.30. The Bertz CT molecular complexity index is 177. The van der Waals surface area contributed by atoms with Crippen LogP contribution >= 0.6 is 0 Å². The van der Waals surface area contributed by atoms with Gasteiger partial charge in [-0.15, -0.1) is 0 Å². The Morgan fingerprint density at radius 1 is 1.58 bits per heavy atom. The highest BCUT2D eigenvalue weighted by molar-refractivity contribution is 5.77. The SMILES string of the molecule is CNC(=O)CNC1CC=CCC1. The molecule has 0 heterocycles. The topological polar surface area (TPSA) is 41.1 Å². The van der Waals surface area contributed by atoms with Crippen molar-refractivity contribution < 1.29 is 4.79 Å². The Hall–Kier alpha value is -0.830. The number of allylic oxidation sites excluding steroid dienone is 1. The molecule has 0 aromatic heterocycles. The summed E-state index contributed by atoms with van der Waals surface area (Å²) in [4.78, 5) is 10.9. The van der Waals surface area contributed by atoms with Crippen LogP contribution < -0.4 is 10.6 Å². The predicted molar refractivity (Wildman–Crippen MR) is 48.8 cm³/mol. The summed E-state index contributed by atoms with van der Waals surface area (Å²) < 4.78 is 0. The maximum Gasteiger partial charge on any atom is 0.233 e. The van der Waals surface area contributed by atoms with E-state index in [1.165, 1.54) is 0 Å². The molecule has 1 aliphatic rings. The van der Waals surface area contributed by atoms with Crippen molar-refractivity contribution in [3.63, 3.8) is 0 Å². The Morgan fingerprint density at radius 3 is 3.00 bits per heavy atom. The number of hydrogen-bond acceptors (Lipinski definition) is 2. The van der Waals surface area contributed by atoms with Crippen molar-refractivity contribution in [2.75, 3.05) is 13.6 Å². The van der Waals surface area contributed by atoms with E-state index in [-0.39, 0.29) is 5.91 Å². The summed E-state index contributed by atoms with van der Waals surface area (Å²) in [6.07, 6.45) is 7.69. The Labute approximate surface area is 73.2 Å². The zero-order valence-corrected chi connectivity index (χ0v) is 7.47. The Morgan fingerprint density at radius 2 is 2.42 bits per heavy atom. The Kier molecular flexibility index (Phi) is 3.80. The van der Waals surface area contributed by atoms with Crippen molar-refractivity contribution in [2.45, 2.75) is 25.3 Å². The molecule has 3 heteroatoms. The van der Waals surface area contributed by atoms with Gasteiger partial charge in [-0.1, -0.05) is 12.2 Å². The van der Waals surface area contributed by atoms with Gasteiger partial charge in [0, 0.05) is 13.1 Å². The molecule has 0 aromatic rings. The van der Waals surface area contributed by atoms with E-state index >= 15 is 0 Å². The lowest BCUT2D eigenvalue weighted by Crippen LogP contribution is -2.38. The van der Waals surface area contributed by atoms with Crippen molar-refractivity contribution >= 4 is 5.91 Å². The zero-order chi connectivity index (χ0) is 8.81. The van der Waals surface area contributed by atoms with Crippen LogP contribution in [-0.4, -0.2) is 25.5 Å². The molecule has 0 spiro atoms. The minimum atomic E-state index is 0.0598. The summed E-state index contributed by atoms with van der Waals surface area (Å²) >= 11 is 0. The Balaban J connectivity index is 2.14. The summed E-state index contributed by atoms with van der Waals surface area (Å²) in [6.45, 7) is 0.439. The van der Waals surface area contributed by atoms with Crippen molar-refractivity contribution in [2.24, 2.45) is 0 Å². The average molecular weight is 168 g/mol. The van der Waals surface area contributed by atoms with E-state index < -0.39 is 0 Å². The molecular formula is C9H16N2O. The summed E-state index contributed by atoms with van der Waals surface area (Å²) in [6, 6.07) is 0.493. The van der Waals surface area contributed by atoms with Crippen molar-refractivity contribution in [1.29, 1.82) is 0 Å². The van der Waals surface area contributed by atoms with Gasteiger partial charge in [0.1, 0.15) is 0 Å². The zero-order valence-electron chi connectivity index (χ0n) is 7.47. The third-order valence-corrected chi connectivity index (χ3v) is 2.10. The predicted octanol–water partition coefficient (Wildman–Crippen LogP) is 0.431. The fourth-order valence-corrected chi connectivity index (χ4v) is 1.30. The summed E-state index contributed by atoms with van der Waals surface area (Å²) in [5.74, 6) is 0.0598. The van der Waals surface area contributed by atoms with Gasteiger partial charge in [0.15, 0.2) is 0 Å². The van der Waals surface area contributed by atoms with E-state index in [4.69, 9.17) is 0 Å². The first-order chi connectivity index (χ1) is 5.83. The van der Waals surface area contributed by atoms with E-state index in [0.29, 0.717) is 12.6 Å². The molecule has 0 fully saturated rings. The van der Waals surface area contributed by atoms with Crippen LogP contribution in [-0.2, 0) is 4.79 Å². The molecule has 1 unspecified atom stereocenters. The minimum Gasteiger partial charge on any atom is -0.358 e. The van der Waals surface area contributed by atoms with Crippen LogP contribution in [0.2, 0.25) is 0 Å². The quantitative estimate of drug-likeness (QED) is 0.600. The van der Waals surface area contributed by atoms with Crippen LogP contribution in [0.15, 0.2) is 12.2 Å². The van der Waals surface area contributed by atoms with Gasteiger partial charge in [0.25, 0.3) is 0 Å². The molecule has 0 aromatic carbocycles. The molecular weight excluding hydrogens is 152 g/mol. The first-order valence-corrected chi connectivity index (χ1v) is 4.42. The van der Waals surface area contributed by atoms with Crippen molar-refractivity contribution in [3.05, 3.63) is 12.2 Å². The van der Waals surface area contributed by atoms with Crippen molar-refractivity contribution in [1.82, 2.24) is 10.6 Å². The monoisotopic (exact) mass is 168 g/mol. The highest BCUT2D eigenvalue weighted by Gasteiger charge is 2.09. The largest absolute Gasteiger partial charge is 0.358 e. The second-order valence-electron chi connectivity index (χ2n) is 3.04. The second kappa shape index (κ2) is 4.93. The molecule has 1 amide bonds. The van der Waals surface area contributed by atoms with Gasteiger partial charge in [-0.3, -0.25) is 4.79 Å². The third kappa shape index (κ3) is 3.05. The molecule has 1 atom stereocenters. The average Bonchev–Trinajstić information content (AvgIpc) is 2.16. The molecule has 0 radical (unpaired) electrons. The highest BCUT2D eigenvalue weighted by atomic mass is 16.1. The third-order valence-electron chi connectivity index (χ3n) is 2.10. The maximum absolute atomic E-state index is 10.9. The van der Waals surface area contributed by atoms with Gasteiger partial charge in [-0.25, -0.2) is 0 Å². The summed E-state index contributed by atoms with van der Waals surface area (Å²) in [7, 11) is 1.66. The number of rotatable bonds is 3.